The largest absolute Gasteiger partial charge is 0.480 e. The average molecular weight is 244 g/mol. The van der Waals surface area contributed by atoms with Gasteiger partial charge in [-0.05, 0) is 32.6 Å². The highest BCUT2D eigenvalue weighted by Crippen LogP contribution is 2.39. The standard InChI is InChI=1S/C11H20N2O4/c1-11(2,7-3-4-7)13-10(17)12-8(5-6-14)9(15)16/h7-8,14H,3-6H2,1-2H3,(H,15,16)(H2,12,13,17). The van der Waals surface area contributed by atoms with Gasteiger partial charge in [-0.3, -0.25) is 0 Å². The molecule has 1 aliphatic carbocycles. The number of aliphatic hydroxyl groups is 1. The maximum Gasteiger partial charge on any atom is 0.326 e. The maximum absolute atomic E-state index is 11.6. The molecule has 0 aromatic rings. The minimum Gasteiger partial charge on any atom is -0.480 e. The van der Waals surface area contributed by atoms with Crippen LogP contribution in [0.25, 0.3) is 0 Å². The number of aliphatic carboxylic acids is 1. The first-order chi connectivity index (χ1) is 7.86. The van der Waals surface area contributed by atoms with E-state index in [2.05, 4.69) is 10.6 Å². The van der Waals surface area contributed by atoms with Crippen molar-refractivity contribution < 1.29 is 19.8 Å². The zero-order valence-electron chi connectivity index (χ0n) is 10.2. The zero-order valence-corrected chi connectivity index (χ0v) is 10.2. The number of hydrogen-bond acceptors (Lipinski definition) is 3. The molecular weight excluding hydrogens is 224 g/mol. The Morgan fingerprint density at radius 2 is 2.00 bits per heavy atom. The van der Waals surface area contributed by atoms with Crippen LogP contribution < -0.4 is 10.6 Å². The molecule has 0 heterocycles. The number of carboxylic acids is 1. The number of amides is 2. The number of nitrogens with one attached hydrogen (secondary N) is 2. The van der Waals surface area contributed by atoms with Crippen LogP contribution in [-0.2, 0) is 4.79 Å². The Labute approximate surface area is 100 Å². The van der Waals surface area contributed by atoms with Crippen LogP contribution in [0.4, 0.5) is 4.79 Å². The monoisotopic (exact) mass is 244 g/mol. The second kappa shape index (κ2) is 5.35. The van der Waals surface area contributed by atoms with E-state index in [9.17, 15) is 9.59 Å². The van der Waals surface area contributed by atoms with Crippen LogP contribution in [0, 0.1) is 5.92 Å². The molecule has 1 atom stereocenters. The van der Waals surface area contributed by atoms with Crippen LogP contribution in [0.5, 0.6) is 0 Å². The van der Waals surface area contributed by atoms with Gasteiger partial charge in [-0.1, -0.05) is 0 Å². The molecule has 6 nitrogen and oxygen atoms in total. The fraction of sp³-hybridized carbons (Fsp3) is 0.818. The summed E-state index contributed by atoms with van der Waals surface area (Å²) in [6.45, 7) is 3.57. The van der Waals surface area contributed by atoms with Crippen molar-refractivity contribution in [3.05, 3.63) is 0 Å². The van der Waals surface area contributed by atoms with Gasteiger partial charge >= 0.3 is 12.0 Å². The van der Waals surface area contributed by atoms with E-state index in [1.54, 1.807) is 0 Å². The summed E-state index contributed by atoms with van der Waals surface area (Å²) in [6.07, 6.45) is 2.19. The minimum absolute atomic E-state index is 0.00656. The number of carbonyl (C=O) groups is 2. The fourth-order valence-corrected chi connectivity index (χ4v) is 1.78. The van der Waals surface area contributed by atoms with Gasteiger partial charge in [0.05, 0.1) is 0 Å². The van der Waals surface area contributed by atoms with Crippen molar-refractivity contribution in [3.8, 4) is 0 Å². The Kier molecular flexibility index (Phi) is 4.34. The molecule has 98 valence electrons. The van der Waals surface area contributed by atoms with Gasteiger partial charge in [0.1, 0.15) is 6.04 Å². The van der Waals surface area contributed by atoms with Crippen LogP contribution >= 0.6 is 0 Å². The van der Waals surface area contributed by atoms with Gasteiger partial charge in [0.2, 0.25) is 0 Å². The number of carbonyl (C=O) groups excluding carboxylic acids is 1. The summed E-state index contributed by atoms with van der Waals surface area (Å²) < 4.78 is 0. The lowest BCUT2D eigenvalue weighted by Gasteiger charge is -2.27. The molecule has 0 aromatic carbocycles. The second-order valence-corrected chi connectivity index (χ2v) is 5.00. The van der Waals surface area contributed by atoms with E-state index < -0.39 is 18.0 Å². The normalized spacial score (nSPS) is 17.4. The summed E-state index contributed by atoms with van der Waals surface area (Å²) in [5.41, 5.74) is -0.313. The Morgan fingerprint density at radius 3 is 2.41 bits per heavy atom. The molecule has 0 bridgehead atoms. The Hall–Kier alpha value is -1.30. The van der Waals surface area contributed by atoms with Crippen LogP contribution in [0.2, 0.25) is 0 Å². The molecule has 0 saturated heterocycles. The van der Waals surface area contributed by atoms with Gasteiger partial charge < -0.3 is 20.8 Å². The third-order valence-electron chi connectivity index (χ3n) is 3.05. The molecule has 17 heavy (non-hydrogen) atoms. The Balaban J connectivity index is 2.44. The van der Waals surface area contributed by atoms with Crippen molar-refractivity contribution >= 4 is 12.0 Å². The zero-order chi connectivity index (χ0) is 13.1. The van der Waals surface area contributed by atoms with Gasteiger partial charge in [0.25, 0.3) is 0 Å². The first kappa shape index (κ1) is 13.8. The summed E-state index contributed by atoms with van der Waals surface area (Å²) in [4.78, 5) is 22.4. The van der Waals surface area contributed by atoms with Crippen molar-refractivity contribution in [1.82, 2.24) is 10.6 Å². The molecule has 2 amide bonds. The lowest BCUT2D eigenvalue weighted by Crippen LogP contribution is -2.53. The van der Waals surface area contributed by atoms with E-state index in [0.717, 1.165) is 12.8 Å². The quantitative estimate of drug-likeness (QED) is 0.540. The smallest absolute Gasteiger partial charge is 0.326 e. The van der Waals surface area contributed by atoms with Crippen LogP contribution in [0.15, 0.2) is 0 Å². The molecule has 1 saturated carbocycles. The maximum atomic E-state index is 11.6. The predicted octanol–water partition coefficient (Wildman–Crippen LogP) is 0.310. The summed E-state index contributed by atoms with van der Waals surface area (Å²) >= 11 is 0. The fourth-order valence-electron chi connectivity index (χ4n) is 1.78. The third-order valence-corrected chi connectivity index (χ3v) is 3.05. The second-order valence-electron chi connectivity index (χ2n) is 5.00. The average Bonchev–Trinajstić information content (AvgIpc) is 2.98. The van der Waals surface area contributed by atoms with Crippen molar-refractivity contribution in [2.24, 2.45) is 5.92 Å². The summed E-state index contributed by atoms with van der Waals surface area (Å²) in [5, 5.41) is 22.6. The van der Waals surface area contributed by atoms with E-state index in [-0.39, 0.29) is 18.6 Å². The van der Waals surface area contributed by atoms with E-state index in [1.807, 2.05) is 13.8 Å². The van der Waals surface area contributed by atoms with Gasteiger partial charge in [-0.15, -0.1) is 0 Å². The van der Waals surface area contributed by atoms with Crippen molar-refractivity contribution in [1.29, 1.82) is 0 Å². The number of hydrogen-bond donors (Lipinski definition) is 4. The van der Waals surface area contributed by atoms with Crippen molar-refractivity contribution in [2.45, 2.75) is 44.7 Å². The van der Waals surface area contributed by atoms with E-state index in [4.69, 9.17) is 10.2 Å². The molecule has 1 unspecified atom stereocenters. The molecule has 0 aliphatic heterocycles. The molecule has 0 radical (unpaired) electrons. The van der Waals surface area contributed by atoms with Gasteiger partial charge in [0.15, 0.2) is 0 Å². The summed E-state index contributed by atoms with van der Waals surface area (Å²) in [6, 6.07) is -1.54. The molecule has 1 aliphatic rings. The van der Waals surface area contributed by atoms with Gasteiger partial charge in [-0.2, -0.15) is 0 Å². The first-order valence-electron chi connectivity index (χ1n) is 5.79. The van der Waals surface area contributed by atoms with Gasteiger partial charge in [0, 0.05) is 18.6 Å². The van der Waals surface area contributed by atoms with Crippen molar-refractivity contribution in [3.63, 3.8) is 0 Å². The van der Waals surface area contributed by atoms with E-state index >= 15 is 0 Å². The third kappa shape index (κ3) is 4.22. The summed E-state index contributed by atoms with van der Waals surface area (Å²) in [5.74, 6) is -0.673. The molecule has 1 fully saturated rings. The van der Waals surface area contributed by atoms with Crippen LogP contribution in [-0.4, -0.2) is 40.4 Å². The van der Waals surface area contributed by atoms with E-state index in [0.29, 0.717) is 5.92 Å². The molecule has 6 heteroatoms. The highest BCUT2D eigenvalue weighted by atomic mass is 16.4. The minimum atomic E-state index is -1.14. The SMILES string of the molecule is CC(C)(NC(=O)NC(CCO)C(=O)O)C1CC1. The van der Waals surface area contributed by atoms with Crippen LogP contribution in [0.3, 0.4) is 0 Å². The molecule has 0 spiro atoms. The van der Waals surface area contributed by atoms with Crippen molar-refractivity contribution in [2.75, 3.05) is 6.61 Å². The highest BCUT2D eigenvalue weighted by Gasteiger charge is 2.39. The predicted molar refractivity (Wildman–Crippen MR) is 61.6 cm³/mol. The van der Waals surface area contributed by atoms with E-state index in [1.165, 1.54) is 0 Å². The molecule has 0 aromatic heterocycles. The molecular formula is C11H20N2O4. The molecule has 4 N–H and O–H groups in total. The summed E-state index contributed by atoms with van der Waals surface area (Å²) in [7, 11) is 0. The lowest BCUT2D eigenvalue weighted by molar-refractivity contribution is -0.139. The Morgan fingerprint density at radius 1 is 1.41 bits per heavy atom. The topological polar surface area (TPSA) is 98.7 Å². The first-order valence-corrected chi connectivity index (χ1v) is 5.79. The number of carboxylic acid groups (broad SMARTS) is 1. The lowest BCUT2D eigenvalue weighted by atomic mass is 9.99. The Bertz CT molecular complexity index is 300. The van der Waals surface area contributed by atoms with Crippen LogP contribution in [0.1, 0.15) is 33.1 Å². The number of aliphatic hydroxyl groups excluding tert-OH is 1. The van der Waals surface area contributed by atoms with Gasteiger partial charge in [-0.25, -0.2) is 9.59 Å². The highest BCUT2D eigenvalue weighted by molar-refractivity contribution is 5.82. The number of rotatable bonds is 6. The number of urea groups is 1. The molecule has 1 rings (SSSR count).